The number of carbonyl (C=O) groups excluding carboxylic acids is 2. The standard InChI is InChI=1S/C14H26N2O3/c1-3-5-13(18)16-9-4-6-12(10-16)14(19)15-8-7-11(2)17/h11-12,17H,3-10H2,1-2H3,(H,15,19)/t11-,12+/m1/s1. The topological polar surface area (TPSA) is 69.6 Å². The first-order chi connectivity index (χ1) is 9.04. The van der Waals surface area contributed by atoms with Gasteiger partial charge in [-0.2, -0.15) is 0 Å². The van der Waals surface area contributed by atoms with E-state index in [0.29, 0.717) is 25.9 Å². The highest BCUT2D eigenvalue weighted by atomic mass is 16.3. The summed E-state index contributed by atoms with van der Waals surface area (Å²) in [4.78, 5) is 25.6. The van der Waals surface area contributed by atoms with Crippen LogP contribution in [0.4, 0.5) is 0 Å². The van der Waals surface area contributed by atoms with Gasteiger partial charge in [0.05, 0.1) is 12.0 Å². The van der Waals surface area contributed by atoms with E-state index >= 15 is 0 Å². The fourth-order valence-electron chi connectivity index (χ4n) is 2.34. The molecule has 5 heteroatoms. The van der Waals surface area contributed by atoms with Crippen molar-refractivity contribution in [1.29, 1.82) is 0 Å². The molecule has 1 aliphatic rings. The summed E-state index contributed by atoms with van der Waals surface area (Å²) in [5.41, 5.74) is 0. The first kappa shape index (κ1) is 16.0. The molecule has 2 amide bonds. The van der Waals surface area contributed by atoms with E-state index in [0.717, 1.165) is 25.8 Å². The number of amides is 2. The second-order valence-electron chi connectivity index (χ2n) is 5.36. The molecule has 110 valence electrons. The van der Waals surface area contributed by atoms with E-state index in [4.69, 9.17) is 5.11 Å². The fourth-order valence-corrected chi connectivity index (χ4v) is 2.34. The van der Waals surface area contributed by atoms with E-state index in [-0.39, 0.29) is 17.7 Å². The number of carbonyl (C=O) groups is 2. The van der Waals surface area contributed by atoms with Gasteiger partial charge in [0.15, 0.2) is 0 Å². The van der Waals surface area contributed by atoms with Gasteiger partial charge in [-0.1, -0.05) is 6.92 Å². The molecule has 0 aromatic rings. The zero-order valence-electron chi connectivity index (χ0n) is 12.0. The largest absolute Gasteiger partial charge is 0.393 e. The van der Waals surface area contributed by atoms with Gasteiger partial charge in [0.1, 0.15) is 0 Å². The van der Waals surface area contributed by atoms with Gasteiger partial charge in [0.2, 0.25) is 11.8 Å². The van der Waals surface area contributed by atoms with E-state index in [9.17, 15) is 9.59 Å². The molecule has 0 aromatic heterocycles. The van der Waals surface area contributed by atoms with Gasteiger partial charge in [-0.15, -0.1) is 0 Å². The average Bonchev–Trinajstić information content (AvgIpc) is 2.38. The summed E-state index contributed by atoms with van der Waals surface area (Å²) in [6.07, 6.45) is 3.32. The molecule has 0 spiro atoms. The quantitative estimate of drug-likeness (QED) is 0.754. The Kier molecular flexibility index (Phi) is 6.84. The second kappa shape index (κ2) is 8.15. The van der Waals surface area contributed by atoms with E-state index in [2.05, 4.69) is 5.32 Å². The second-order valence-corrected chi connectivity index (χ2v) is 5.36. The smallest absolute Gasteiger partial charge is 0.224 e. The predicted molar refractivity (Wildman–Crippen MR) is 73.5 cm³/mol. The SMILES string of the molecule is CCCC(=O)N1CCC[C@H](C(=O)NCC[C@@H](C)O)C1. The number of rotatable bonds is 6. The molecule has 1 saturated heterocycles. The number of aliphatic hydroxyl groups excluding tert-OH is 1. The number of nitrogens with zero attached hydrogens (tertiary/aromatic N) is 1. The molecule has 1 fully saturated rings. The van der Waals surface area contributed by atoms with Crippen LogP contribution in [0.3, 0.4) is 0 Å². The van der Waals surface area contributed by atoms with Crippen LogP contribution in [-0.2, 0) is 9.59 Å². The summed E-state index contributed by atoms with van der Waals surface area (Å²) in [5, 5.41) is 12.0. The van der Waals surface area contributed by atoms with Gasteiger partial charge < -0.3 is 15.3 Å². The molecule has 0 radical (unpaired) electrons. The number of nitrogens with one attached hydrogen (secondary N) is 1. The lowest BCUT2D eigenvalue weighted by Crippen LogP contribution is -2.45. The first-order valence-electron chi connectivity index (χ1n) is 7.28. The average molecular weight is 270 g/mol. The molecule has 2 atom stereocenters. The maximum Gasteiger partial charge on any atom is 0.224 e. The minimum Gasteiger partial charge on any atom is -0.393 e. The third-order valence-electron chi connectivity index (χ3n) is 3.47. The zero-order chi connectivity index (χ0) is 14.3. The van der Waals surface area contributed by atoms with Gasteiger partial charge in [-0.05, 0) is 32.6 Å². The van der Waals surface area contributed by atoms with Crippen molar-refractivity contribution in [3.05, 3.63) is 0 Å². The Balaban J connectivity index is 2.37. The van der Waals surface area contributed by atoms with Crippen LogP contribution in [-0.4, -0.2) is 47.6 Å². The molecule has 1 heterocycles. The van der Waals surface area contributed by atoms with Crippen LogP contribution in [0.2, 0.25) is 0 Å². The molecule has 0 unspecified atom stereocenters. The minimum absolute atomic E-state index is 0.00893. The van der Waals surface area contributed by atoms with Crippen LogP contribution in [0.5, 0.6) is 0 Å². The Bertz CT molecular complexity index is 305. The summed E-state index contributed by atoms with van der Waals surface area (Å²) < 4.78 is 0. The summed E-state index contributed by atoms with van der Waals surface area (Å²) in [7, 11) is 0. The number of aliphatic hydroxyl groups is 1. The van der Waals surface area contributed by atoms with Crippen LogP contribution in [0.25, 0.3) is 0 Å². The lowest BCUT2D eigenvalue weighted by Gasteiger charge is -2.32. The van der Waals surface area contributed by atoms with E-state index < -0.39 is 6.10 Å². The Morgan fingerprint density at radius 3 is 2.84 bits per heavy atom. The van der Waals surface area contributed by atoms with Crippen molar-refractivity contribution in [1.82, 2.24) is 10.2 Å². The molecule has 0 aromatic carbocycles. The molecule has 2 N–H and O–H groups in total. The maximum absolute atomic E-state index is 12.0. The lowest BCUT2D eigenvalue weighted by atomic mass is 9.96. The number of likely N-dealkylation sites (tertiary alicyclic amines) is 1. The van der Waals surface area contributed by atoms with Crippen molar-refractivity contribution < 1.29 is 14.7 Å². The molecule has 1 rings (SSSR count). The molecule has 0 aliphatic carbocycles. The van der Waals surface area contributed by atoms with Gasteiger partial charge in [0, 0.05) is 26.1 Å². The van der Waals surface area contributed by atoms with Gasteiger partial charge in [-0.25, -0.2) is 0 Å². The van der Waals surface area contributed by atoms with Crippen molar-refractivity contribution in [3.63, 3.8) is 0 Å². The van der Waals surface area contributed by atoms with E-state index in [1.165, 1.54) is 0 Å². The van der Waals surface area contributed by atoms with Crippen molar-refractivity contribution >= 4 is 11.8 Å². The summed E-state index contributed by atoms with van der Waals surface area (Å²) >= 11 is 0. The van der Waals surface area contributed by atoms with E-state index in [1.54, 1.807) is 6.92 Å². The van der Waals surface area contributed by atoms with Crippen molar-refractivity contribution in [2.24, 2.45) is 5.92 Å². The zero-order valence-corrected chi connectivity index (χ0v) is 12.0. The van der Waals surface area contributed by atoms with Crippen LogP contribution in [0.15, 0.2) is 0 Å². The molecule has 19 heavy (non-hydrogen) atoms. The predicted octanol–water partition coefficient (Wildman–Crippen LogP) is 0.912. The molecular formula is C14H26N2O3. The minimum atomic E-state index is -0.394. The van der Waals surface area contributed by atoms with Crippen LogP contribution >= 0.6 is 0 Å². The monoisotopic (exact) mass is 270 g/mol. The van der Waals surface area contributed by atoms with E-state index in [1.807, 2.05) is 11.8 Å². The Morgan fingerprint density at radius 2 is 2.21 bits per heavy atom. The summed E-state index contributed by atoms with van der Waals surface area (Å²) in [6.45, 7) is 5.51. The Morgan fingerprint density at radius 1 is 1.47 bits per heavy atom. The summed E-state index contributed by atoms with van der Waals surface area (Å²) in [6, 6.07) is 0. The van der Waals surface area contributed by atoms with Gasteiger partial charge in [0.25, 0.3) is 0 Å². The Hall–Kier alpha value is -1.10. The normalized spacial score (nSPS) is 21.0. The lowest BCUT2D eigenvalue weighted by molar-refractivity contribution is -0.135. The molecule has 5 nitrogen and oxygen atoms in total. The number of hydrogen-bond acceptors (Lipinski definition) is 3. The highest BCUT2D eigenvalue weighted by Crippen LogP contribution is 2.17. The third-order valence-corrected chi connectivity index (χ3v) is 3.47. The third kappa shape index (κ3) is 5.59. The highest BCUT2D eigenvalue weighted by molar-refractivity contribution is 5.81. The number of hydrogen-bond donors (Lipinski definition) is 2. The maximum atomic E-state index is 12.0. The van der Waals surface area contributed by atoms with Gasteiger partial charge >= 0.3 is 0 Å². The highest BCUT2D eigenvalue weighted by Gasteiger charge is 2.27. The summed E-state index contributed by atoms with van der Waals surface area (Å²) in [5.74, 6) is 0.0715. The van der Waals surface area contributed by atoms with Crippen molar-refractivity contribution in [2.75, 3.05) is 19.6 Å². The first-order valence-corrected chi connectivity index (χ1v) is 7.28. The van der Waals surface area contributed by atoms with Crippen LogP contribution in [0, 0.1) is 5.92 Å². The number of piperidine rings is 1. The van der Waals surface area contributed by atoms with Crippen LogP contribution < -0.4 is 5.32 Å². The van der Waals surface area contributed by atoms with Crippen molar-refractivity contribution in [3.8, 4) is 0 Å². The molecule has 0 bridgehead atoms. The van der Waals surface area contributed by atoms with Crippen LogP contribution in [0.1, 0.15) is 46.0 Å². The molecule has 0 saturated carbocycles. The van der Waals surface area contributed by atoms with Crippen molar-refractivity contribution in [2.45, 2.75) is 52.1 Å². The Labute approximate surface area is 115 Å². The molecule has 1 aliphatic heterocycles. The van der Waals surface area contributed by atoms with Gasteiger partial charge in [-0.3, -0.25) is 9.59 Å². The fraction of sp³-hybridized carbons (Fsp3) is 0.857. The molecular weight excluding hydrogens is 244 g/mol.